The number of rotatable bonds is 16. The van der Waals surface area contributed by atoms with Crippen molar-refractivity contribution in [3.8, 4) is 0 Å². The van der Waals surface area contributed by atoms with Crippen LogP contribution in [0.15, 0.2) is 91.0 Å². The minimum Gasteiger partial charge on any atom is -0.354 e. The first-order valence-corrected chi connectivity index (χ1v) is 14.6. The van der Waals surface area contributed by atoms with Crippen molar-refractivity contribution in [2.75, 3.05) is 51.6 Å². The van der Waals surface area contributed by atoms with Crippen molar-refractivity contribution >= 4 is 17.7 Å². The van der Waals surface area contributed by atoms with Gasteiger partial charge in [0.1, 0.15) is 0 Å². The summed E-state index contributed by atoms with van der Waals surface area (Å²) in [5, 5.41) is 3.20. The van der Waals surface area contributed by atoms with E-state index >= 15 is 0 Å². The smallest absolute Gasteiger partial charge is 0.230 e. The molecule has 3 rings (SSSR count). The first-order valence-electron chi connectivity index (χ1n) is 13.7. The Morgan fingerprint density at radius 2 is 1.14 bits per heavy atom. The Labute approximate surface area is 228 Å². The molecule has 0 unspecified atom stereocenters. The molecule has 1 amide bonds. The summed E-state index contributed by atoms with van der Waals surface area (Å²) < 4.78 is -0.473. The molecule has 0 heterocycles. The lowest BCUT2D eigenvalue weighted by molar-refractivity contribution is -0.118. The molecule has 0 aliphatic heterocycles. The van der Waals surface area contributed by atoms with Crippen molar-refractivity contribution in [1.29, 1.82) is 0 Å². The predicted octanol–water partition coefficient (Wildman–Crippen LogP) is 5.88. The van der Waals surface area contributed by atoms with Crippen LogP contribution in [0.25, 0.3) is 0 Å². The highest BCUT2D eigenvalue weighted by Crippen LogP contribution is 2.48. The van der Waals surface area contributed by atoms with Crippen LogP contribution in [0.3, 0.4) is 0 Å². The maximum Gasteiger partial charge on any atom is 0.230 e. The predicted molar refractivity (Wildman–Crippen MR) is 159 cm³/mol. The number of thioether (sulfide) groups is 1. The Kier molecular flexibility index (Phi) is 12.2. The van der Waals surface area contributed by atoms with E-state index in [-0.39, 0.29) is 5.91 Å². The van der Waals surface area contributed by atoms with E-state index in [0.29, 0.717) is 12.3 Å². The van der Waals surface area contributed by atoms with Crippen LogP contribution in [0, 0.1) is 0 Å². The van der Waals surface area contributed by atoms with Crippen molar-refractivity contribution in [1.82, 2.24) is 15.1 Å². The molecule has 0 saturated heterocycles. The lowest BCUT2D eigenvalue weighted by atomic mass is 9.84. The van der Waals surface area contributed by atoms with Crippen molar-refractivity contribution < 1.29 is 4.79 Å². The van der Waals surface area contributed by atoms with Gasteiger partial charge in [0.05, 0.1) is 10.5 Å². The van der Waals surface area contributed by atoms with E-state index < -0.39 is 4.75 Å². The number of benzene rings is 3. The lowest BCUT2D eigenvalue weighted by Crippen LogP contribution is -2.40. The summed E-state index contributed by atoms with van der Waals surface area (Å²) in [6.45, 7) is 13.5. The van der Waals surface area contributed by atoms with Crippen molar-refractivity contribution in [3.05, 3.63) is 108 Å². The number of nitrogens with one attached hydrogen (secondary N) is 1. The molecule has 0 radical (unpaired) electrons. The van der Waals surface area contributed by atoms with Gasteiger partial charge in [-0.1, -0.05) is 112 Å². The van der Waals surface area contributed by atoms with Gasteiger partial charge in [0.2, 0.25) is 5.91 Å². The summed E-state index contributed by atoms with van der Waals surface area (Å²) in [7, 11) is 0. The zero-order valence-corrected chi connectivity index (χ0v) is 23.6. The van der Waals surface area contributed by atoms with E-state index in [0.717, 1.165) is 45.7 Å². The van der Waals surface area contributed by atoms with Crippen LogP contribution in [-0.2, 0) is 9.54 Å². The van der Waals surface area contributed by atoms with E-state index in [1.54, 1.807) is 11.8 Å². The number of hydrogen-bond donors (Lipinski definition) is 1. The van der Waals surface area contributed by atoms with Crippen LogP contribution in [0.4, 0.5) is 0 Å². The van der Waals surface area contributed by atoms with Gasteiger partial charge in [-0.15, -0.1) is 11.8 Å². The first-order chi connectivity index (χ1) is 18.1. The molecule has 4 nitrogen and oxygen atoms in total. The molecule has 0 aliphatic rings. The normalized spacial score (nSPS) is 11.7. The maximum atomic E-state index is 13.1. The molecule has 0 atom stereocenters. The fraction of sp³-hybridized carbons (Fsp3) is 0.406. The second-order valence-corrected chi connectivity index (χ2v) is 10.5. The zero-order chi connectivity index (χ0) is 26.3. The number of carbonyl (C=O) groups is 1. The fourth-order valence-corrected chi connectivity index (χ4v) is 6.18. The van der Waals surface area contributed by atoms with Gasteiger partial charge in [-0.05, 0) is 42.7 Å². The first kappa shape index (κ1) is 29.0. The third kappa shape index (κ3) is 8.19. The summed E-state index contributed by atoms with van der Waals surface area (Å²) in [5.74, 6) is 0.462. The van der Waals surface area contributed by atoms with Crippen LogP contribution in [0.5, 0.6) is 0 Å². The Morgan fingerprint density at radius 1 is 0.676 bits per heavy atom. The van der Waals surface area contributed by atoms with Crippen LogP contribution >= 0.6 is 11.8 Å². The Bertz CT molecular complexity index is 929. The average molecular weight is 518 g/mol. The molecular weight excluding hydrogens is 474 g/mol. The van der Waals surface area contributed by atoms with Gasteiger partial charge in [0.15, 0.2) is 0 Å². The minimum absolute atomic E-state index is 0.0809. The van der Waals surface area contributed by atoms with Crippen molar-refractivity contribution in [2.45, 2.75) is 31.9 Å². The highest BCUT2D eigenvalue weighted by atomic mass is 32.2. The highest BCUT2D eigenvalue weighted by Gasteiger charge is 2.37. The molecule has 0 spiro atoms. The Morgan fingerprint density at radius 3 is 1.57 bits per heavy atom. The topological polar surface area (TPSA) is 35.6 Å². The number of nitrogens with zero attached hydrogens (tertiary/aromatic N) is 2. The second kappa shape index (κ2) is 15.6. The molecular formula is C32H43N3OS. The lowest BCUT2D eigenvalue weighted by Gasteiger charge is -2.35. The van der Waals surface area contributed by atoms with Crippen LogP contribution in [0.2, 0.25) is 0 Å². The molecule has 3 aromatic rings. The quantitative estimate of drug-likeness (QED) is 0.241. The van der Waals surface area contributed by atoms with Gasteiger partial charge in [0, 0.05) is 26.2 Å². The molecule has 3 aromatic carbocycles. The molecule has 0 bridgehead atoms. The summed E-state index contributed by atoms with van der Waals surface area (Å²) in [6, 6.07) is 31.6. The van der Waals surface area contributed by atoms with Gasteiger partial charge in [0.25, 0.3) is 0 Å². The van der Waals surface area contributed by atoms with E-state index in [1.807, 2.05) is 18.2 Å². The van der Waals surface area contributed by atoms with E-state index in [2.05, 4.69) is 109 Å². The van der Waals surface area contributed by atoms with Crippen LogP contribution < -0.4 is 5.32 Å². The molecule has 1 N–H and O–H groups in total. The number of carbonyl (C=O) groups excluding carboxylic acids is 1. The SMILES string of the molecule is CCCN(CCNC(=O)CSC(c1ccccc1)(c1ccccc1)c1ccccc1)CCN(CC)CC. The van der Waals surface area contributed by atoms with E-state index in [4.69, 9.17) is 0 Å². The molecule has 198 valence electrons. The fourth-order valence-electron chi connectivity index (χ4n) is 4.82. The van der Waals surface area contributed by atoms with Gasteiger partial charge in [-0.2, -0.15) is 0 Å². The average Bonchev–Trinajstić information content (AvgIpc) is 2.95. The summed E-state index contributed by atoms with van der Waals surface area (Å²) in [5.41, 5.74) is 3.53. The third-order valence-electron chi connectivity index (χ3n) is 6.88. The molecule has 0 saturated carbocycles. The maximum absolute atomic E-state index is 13.1. The Balaban J connectivity index is 1.71. The summed E-state index contributed by atoms with van der Waals surface area (Å²) in [4.78, 5) is 18.0. The van der Waals surface area contributed by atoms with Gasteiger partial charge >= 0.3 is 0 Å². The molecule has 0 aromatic heterocycles. The monoisotopic (exact) mass is 517 g/mol. The Hall–Kier alpha value is -2.60. The minimum atomic E-state index is -0.473. The highest BCUT2D eigenvalue weighted by molar-refractivity contribution is 8.01. The molecule has 0 aliphatic carbocycles. The summed E-state index contributed by atoms with van der Waals surface area (Å²) in [6.07, 6.45) is 1.12. The van der Waals surface area contributed by atoms with E-state index in [9.17, 15) is 4.79 Å². The number of hydrogen-bond acceptors (Lipinski definition) is 4. The van der Waals surface area contributed by atoms with Gasteiger partial charge in [-0.25, -0.2) is 0 Å². The second-order valence-electron chi connectivity index (χ2n) is 9.29. The van der Waals surface area contributed by atoms with Gasteiger partial charge in [-0.3, -0.25) is 4.79 Å². The number of likely N-dealkylation sites (N-methyl/N-ethyl adjacent to an activating group) is 1. The molecule has 0 fully saturated rings. The van der Waals surface area contributed by atoms with Crippen molar-refractivity contribution in [3.63, 3.8) is 0 Å². The third-order valence-corrected chi connectivity index (χ3v) is 8.42. The van der Waals surface area contributed by atoms with Crippen LogP contribution in [-0.4, -0.2) is 67.3 Å². The zero-order valence-electron chi connectivity index (χ0n) is 22.7. The molecule has 37 heavy (non-hydrogen) atoms. The summed E-state index contributed by atoms with van der Waals surface area (Å²) >= 11 is 1.69. The molecule has 5 heteroatoms. The van der Waals surface area contributed by atoms with Crippen LogP contribution in [0.1, 0.15) is 43.9 Å². The number of amides is 1. The largest absolute Gasteiger partial charge is 0.354 e. The standard InChI is InChI=1S/C32H43N3OS/c1-4-23-35(26-25-34(5-2)6-3)24-22-33-31(36)27-37-32(28-16-10-7-11-17-28,29-18-12-8-13-19-29)30-20-14-9-15-21-30/h7-21H,4-6,22-27H2,1-3H3,(H,33,36). The van der Waals surface area contributed by atoms with E-state index in [1.165, 1.54) is 16.7 Å². The van der Waals surface area contributed by atoms with Crippen molar-refractivity contribution in [2.24, 2.45) is 0 Å². The van der Waals surface area contributed by atoms with Gasteiger partial charge < -0.3 is 15.1 Å².